The summed E-state index contributed by atoms with van der Waals surface area (Å²) in [7, 11) is 0. The van der Waals surface area contributed by atoms with Gasteiger partial charge in [0.1, 0.15) is 0 Å². The van der Waals surface area contributed by atoms with Crippen molar-refractivity contribution in [2.75, 3.05) is 6.61 Å². The Morgan fingerprint density at radius 2 is 1.80 bits per heavy atom. The molecule has 110 valence electrons. The van der Waals surface area contributed by atoms with E-state index in [1.54, 1.807) is 24.3 Å². The molecule has 0 saturated carbocycles. The third-order valence-electron chi connectivity index (χ3n) is 3.08. The molecule has 0 heterocycles. The highest BCUT2D eigenvalue weighted by Crippen LogP contribution is 2.07. The molecular formula is C15H22N2O3. The van der Waals surface area contributed by atoms with E-state index in [-0.39, 0.29) is 30.4 Å². The lowest BCUT2D eigenvalue weighted by Crippen LogP contribution is -2.41. The summed E-state index contributed by atoms with van der Waals surface area (Å²) in [5.41, 5.74) is 1.47. The number of carbonyl (C=O) groups excluding carboxylic acids is 2. The molecule has 0 aliphatic carbocycles. The van der Waals surface area contributed by atoms with Crippen LogP contribution in [0.3, 0.4) is 0 Å². The second-order valence-electron chi connectivity index (χ2n) is 5.11. The molecular weight excluding hydrogens is 256 g/mol. The normalized spacial score (nSPS) is 12.1. The fourth-order valence-electron chi connectivity index (χ4n) is 1.68. The minimum absolute atomic E-state index is 0.0793. The molecule has 1 unspecified atom stereocenters. The topological polar surface area (TPSA) is 78.4 Å². The van der Waals surface area contributed by atoms with Crippen molar-refractivity contribution in [1.29, 1.82) is 0 Å². The average Bonchev–Trinajstić information content (AvgIpc) is 2.42. The summed E-state index contributed by atoms with van der Waals surface area (Å²) >= 11 is 0. The summed E-state index contributed by atoms with van der Waals surface area (Å²) in [6.07, 6.45) is 0. The molecule has 1 aromatic rings. The van der Waals surface area contributed by atoms with Crippen LogP contribution >= 0.6 is 0 Å². The summed E-state index contributed by atoms with van der Waals surface area (Å²) in [4.78, 5) is 22.8. The molecule has 0 aromatic heterocycles. The van der Waals surface area contributed by atoms with E-state index in [4.69, 9.17) is 0 Å². The lowest BCUT2D eigenvalue weighted by Gasteiger charge is -2.19. The van der Waals surface area contributed by atoms with Crippen LogP contribution in [-0.4, -0.2) is 29.6 Å². The predicted octanol–water partition coefficient (Wildman–Crippen LogP) is 1.07. The zero-order valence-corrected chi connectivity index (χ0v) is 12.1. The zero-order valence-electron chi connectivity index (χ0n) is 12.1. The van der Waals surface area contributed by atoms with Gasteiger partial charge in [0, 0.05) is 19.0 Å². The third-order valence-corrected chi connectivity index (χ3v) is 3.08. The highest BCUT2D eigenvalue weighted by molar-refractivity contribution is 5.94. The quantitative estimate of drug-likeness (QED) is 0.728. The first kappa shape index (κ1) is 16.2. The SMILES string of the molecule is CC(=O)NCc1ccc(C(=O)NC(CO)C(C)C)cc1. The Hall–Kier alpha value is -1.88. The Kier molecular flexibility index (Phi) is 6.18. The smallest absolute Gasteiger partial charge is 0.251 e. The first-order valence-corrected chi connectivity index (χ1v) is 6.69. The highest BCUT2D eigenvalue weighted by Gasteiger charge is 2.15. The van der Waals surface area contributed by atoms with Gasteiger partial charge in [0.25, 0.3) is 5.91 Å². The molecule has 0 saturated heterocycles. The van der Waals surface area contributed by atoms with E-state index in [1.165, 1.54) is 6.92 Å². The van der Waals surface area contributed by atoms with Gasteiger partial charge < -0.3 is 15.7 Å². The molecule has 5 nitrogen and oxygen atoms in total. The third kappa shape index (κ3) is 5.01. The van der Waals surface area contributed by atoms with Crippen molar-refractivity contribution in [3.8, 4) is 0 Å². The van der Waals surface area contributed by atoms with Crippen LogP contribution in [0.15, 0.2) is 24.3 Å². The number of aliphatic hydroxyl groups is 1. The number of aliphatic hydroxyl groups excluding tert-OH is 1. The van der Waals surface area contributed by atoms with Gasteiger partial charge in [-0.1, -0.05) is 26.0 Å². The van der Waals surface area contributed by atoms with Gasteiger partial charge >= 0.3 is 0 Å². The van der Waals surface area contributed by atoms with Gasteiger partial charge in [0.05, 0.1) is 12.6 Å². The van der Waals surface area contributed by atoms with Crippen LogP contribution in [0.1, 0.15) is 36.7 Å². The van der Waals surface area contributed by atoms with Crippen LogP contribution in [0.2, 0.25) is 0 Å². The molecule has 20 heavy (non-hydrogen) atoms. The molecule has 5 heteroatoms. The van der Waals surface area contributed by atoms with Crippen molar-refractivity contribution in [3.05, 3.63) is 35.4 Å². The zero-order chi connectivity index (χ0) is 15.1. The van der Waals surface area contributed by atoms with Gasteiger partial charge in [0.2, 0.25) is 5.91 Å². The van der Waals surface area contributed by atoms with Gasteiger partial charge in [-0.15, -0.1) is 0 Å². The minimum atomic E-state index is -0.249. The van der Waals surface area contributed by atoms with Crippen LogP contribution in [0, 0.1) is 5.92 Å². The molecule has 2 amide bonds. The standard InChI is InChI=1S/C15H22N2O3/c1-10(2)14(9-18)17-15(20)13-6-4-12(5-7-13)8-16-11(3)19/h4-7,10,14,18H,8-9H2,1-3H3,(H,16,19)(H,17,20). The van der Waals surface area contributed by atoms with Crippen molar-refractivity contribution in [2.24, 2.45) is 5.92 Å². The lowest BCUT2D eigenvalue weighted by atomic mass is 10.0. The monoisotopic (exact) mass is 278 g/mol. The minimum Gasteiger partial charge on any atom is -0.394 e. The number of hydrogen-bond donors (Lipinski definition) is 3. The summed E-state index contributed by atoms with van der Waals surface area (Å²) in [6.45, 7) is 5.71. The van der Waals surface area contributed by atoms with E-state index in [1.807, 2.05) is 13.8 Å². The summed E-state index contributed by atoms with van der Waals surface area (Å²) in [5.74, 6) is -0.124. The molecule has 0 bridgehead atoms. The molecule has 0 aliphatic rings. The van der Waals surface area contributed by atoms with E-state index in [9.17, 15) is 14.7 Å². The maximum atomic E-state index is 12.0. The van der Waals surface area contributed by atoms with Gasteiger partial charge in [0.15, 0.2) is 0 Å². The van der Waals surface area contributed by atoms with Crippen LogP contribution < -0.4 is 10.6 Å². The number of amides is 2. The molecule has 0 aliphatic heterocycles. The largest absolute Gasteiger partial charge is 0.394 e. The van der Waals surface area contributed by atoms with Crippen molar-refractivity contribution < 1.29 is 14.7 Å². The van der Waals surface area contributed by atoms with Crippen molar-refractivity contribution >= 4 is 11.8 Å². The molecule has 1 rings (SSSR count). The molecule has 0 radical (unpaired) electrons. The lowest BCUT2D eigenvalue weighted by molar-refractivity contribution is -0.119. The fraction of sp³-hybridized carbons (Fsp3) is 0.467. The molecule has 1 atom stereocenters. The van der Waals surface area contributed by atoms with Gasteiger partial charge in [-0.2, -0.15) is 0 Å². The Labute approximate surface area is 119 Å². The number of benzene rings is 1. The second kappa shape index (κ2) is 7.65. The molecule has 0 fully saturated rings. The van der Waals surface area contributed by atoms with Crippen molar-refractivity contribution in [3.63, 3.8) is 0 Å². The first-order valence-electron chi connectivity index (χ1n) is 6.69. The Morgan fingerprint density at radius 3 is 2.25 bits per heavy atom. The molecule has 0 spiro atoms. The summed E-state index contributed by atoms with van der Waals surface area (Å²) < 4.78 is 0. The maximum absolute atomic E-state index is 12.0. The number of carbonyl (C=O) groups is 2. The van der Waals surface area contributed by atoms with E-state index >= 15 is 0 Å². The average molecular weight is 278 g/mol. The van der Waals surface area contributed by atoms with Gasteiger partial charge in [-0.3, -0.25) is 9.59 Å². The maximum Gasteiger partial charge on any atom is 0.251 e. The Morgan fingerprint density at radius 1 is 1.20 bits per heavy atom. The van der Waals surface area contributed by atoms with Gasteiger partial charge in [-0.25, -0.2) is 0 Å². The van der Waals surface area contributed by atoms with Crippen LogP contribution in [0.5, 0.6) is 0 Å². The van der Waals surface area contributed by atoms with E-state index in [2.05, 4.69) is 10.6 Å². The van der Waals surface area contributed by atoms with Crippen molar-refractivity contribution in [2.45, 2.75) is 33.4 Å². The molecule has 3 N–H and O–H groups in total. The van der Waals surface area contributed by atoms with E-state index < -0.39 is 0 Å². The Balaban J connectivity index is 2.63. The van der Waals surface area contributed by atoms with Crippen LogP contribution in [0.25, 0.3) is 0 Å². The van der Waals surface area contributed by atoms with E-state index in [0.29, 0.717) is 12.1 Å². The second-order valence-corrected chi connectivity index (χ2v) is 5.11. The Bertz CT molecular complexity index is 455. The molecule has 1 aromatic carbocycles. The van der Waals surface area contributed by atoms with Crippen molar-refractivity contribution in [1.82, 2.24) is 10.6 Å². The van der Waals surface area contributed by atoms with E-state index in [0.717, 1.165) is 5.56 Å². The first-order chi connectivity index (χ1) is 9.43. The van der Waals surface area contributed by atoms with Gasteiger partial charge in [-0.05, 0) is 23.6 Å². The number of rotatable bonds is 6. The summed E-state index contributed by atoms with van der Waals surface area (Å²) in [6, 6.07) is 6.77. The number of nitrogens with one attached hydrogen (secondary N) is 2. The number of hydrogen-bond acceptors (Lipinski definition) is 3. The fourth-order valence-corrected chi connectivity index (χ4v) is 1.68. The summed E-state index contributed by atoms with van der Waals surface area (Å²) in [5, 5.41) is 14.7. The highest BCUT2D eigenvalue weighted by atomic mass is 16.3. The van der Waals surface area contributed by atoms with Crippen LogP contribution in [0.4, 0.5) is 0 Å². The predicted molar refractivity (Wildman–Crippen MR) is 77.1 cm³/mol. The van der Waals surface area contributed by atoms with Crippen LogP contribution in [-0.2, 0) is 11.3 Å².